The molecule has 1 aromatic heterocycles. The zero-order valence-electron chi connectivity index (χ0n) is 22.5. The summed E-state index contributed by atoms with van der Waals surface area (Å²) in [6, 6.07) is 22.6. The number of anilines is 1. The summed E-state index contributed by atoms with van der Waals surface area (Å²) < 4.78 is 41.9. The summed E-state index contributed by atoms with van der Waals surface area (Å²) in [4.78, 5) is 12.9. The van der Waals surface area contributed by atoms with E-state index in [0.717, 1.165) is 31.4 Å². The van der Waals surface area contributed by atoms with Crippen molar-refractivity contribution >= 4 is 43.8 Å². The monoisotopic (exact) mass is 624 g/mol. The molecule has 4 rings (SSSR count). The summed E-state index contributed by atoms with van der Waals surface area (Å²) in [5, 5.41) is 4.11. The normalized spacial score (nSPS) is 11.4. The number of ether oxygens (including phenoxy) is 2. The molecule has 1 N–H and O–H groups in total. The third kappa shape index (κ3) is 6.21. The van der Waals surface area contributed by atoms with Gasteiger partial charge in [0.1, 0.15) is 6.54 Å². The number of halogens is 1. The van der Waals surface area contributed by atoms with Crippen LogP contribution in [0.1, 0.15) is 17.0 Å². The van der Waals surface area contributed by atoms with Gasteiger partial charge in [-0.15, -0.1) is 0 Å². The lowest BCUT2D eigenvalue weighted by atomic mass is 10.2. The van der Waals surface area contributed by atoms with E-state index < -0.39 is 22.5 Å². The minimum absolute atomic E-state index is 0.0507. The third-order valence-electron chi connectivity index (χ3n) is 6.20. The summed E-state index contributed by atoms with van der Waals surface area (Å²) in [5.41, 5.74) is 6.54. The van der Waals surface area contributed by atoms with Crippen molar-refractivity contribution in [3.05, 3.63) is 100 Å². The number of sulfonamides is 1. The average molecular weight is 626 g/mol. The summed E-state index contributed by atoms with van der Waals surface area (Å²) in [6.07, 6.45) is 1.55. The molecule has 1 heterocycles. The second-order valence-corrected chi connectivity index (χ2v) is 11.6. The van der Waals surface area contributed by atoms with Gasteiger partial charge < -0.3 is 14.0 Å². The number of benzene rings is 3. The molecule has 0 unspecified atom stereocenters. The first-order valence-electron chi connectivity index (χ1n) is 12.2. The second kappa shape index (κ2) is 12.4. The molecule has 0 saturated carbocycles. The van der Waals surface area contributed by atoms with Crippen molar-refractivity contribution < 1.29 is 22.7 Å². The van der Waals surface area contributed by atoms with Crippen LogP contribution in [0.25, 0.3) is 5.69 Å². The van der Waals surface area contributed by atoms with Gasteiger partial charge >= 0.3 is 0 Å². The zero-order valence-corrected chi connectivity index (χ0v) is 24.9. The van der Waals surface area contributed by atoms with E-state index in [4.69, 9.17) is 9.47 Å². The molecule has 4 aromatic rings. The van der Waals surface area contributed by atoms with Crippen LogP contribution >= 0.6 is 15.9 Å². The molecular formula is C29H29BrN4O5S. The largest absolute Gasteiger partial charge is 0.493 e. The molecule has 0 fully saturated rings. The Labute approximate surface area is 242 Å². The number of aryl methyl sites for hydroxylation is 1. The number of hydrogen-bond donors (Lipinski definition) is 1. The van der Waals surface area contributed by atoms with Crippen LogP contribution in [0, 0.1) is 13.8 Å². The number of amides is 1. The van der Waals surface area contributed by atoms with Crippen molar-refractivity contribution in [2.24, 2.45) is 5.10 Å². The van der Waals surface area contributed by atoms with Crippen molar-refractivity contribution in [3.8, 4) is 17.2 Å². The van der Waals surface area contributed by atoms with Gasteiger partial charge in [0.05, 0.1) is 31.0 Å². The van der Waals surface area contributed by atoms with Gasteiger partial charge in [-0.1, -0.05) is 40.2 Å². The van der Waals surface area contributed by atoms with Gasteiger partial charge in [-0.2, -0.15) is 5.10 Å². The minimum atomic E-state index is -4.15. The molecule has 0 radical (unpaired) electrons. The third-order valence-corrected chi connectivity index (χ3v) is 8.47. The minimum Gasteiger partial charge on any atom is -0.493 e. The number of nitrogens with one attached hydrogen (secondary N) is 1. The van der Waals surface area contributed by atoms with Gasteiger partial charge in [-0.25, -0.2) is 13.8 Å². The molecule has 11 heteroatoms. The van der Waals surface area contributed by atoms with Crippen LogP contribution in [0.3, 0.4) is 0 Å². The van der Waals surface area contributed by atoms with E-state index in [0.29, 0.717) is 11.4 Å². The summed E-state index contributed by atoms with van der Waals surface area (Å²) in [5.74, 6) is 0.0371. The molecule has 3 aromatic carbocycles. The van der Waals surface area contributed by atoms with Crippen LogP contribution in [0.5, 0.6) is 11.5 Å². The fourth-order valence-electron chi connectivity index (χ4n) is 4.28. The van der Waals surface area contributed by atoms with Crippen molar-refractivity contribution in [3.63, 3.8) is 0 Å². The van der Waals surface area contributed by atoms with E-state index in [1.807, 2.05) is 44.2 Å². The SMILES string of the molecule is COc1ccc(S(=O)(=O)N(CC(=O)N/N=C\c2cc(C)n(-c3cccc(Br)c3)c2C)c2ccccc2)cc1OC. The van der Waals surface area contributed by atoms with E-state index >= 15 is 0 Å². The second-order valence-electron chi connectivity index (χ2n) is 8.80. The first kappa shape index (κ1) is 28.9. The van der Waals surface area contributed by atoms with Gasteiger partial charge in [0, 0.05) is 33.2 Å². The van der Waals surface area contributed by atoms with E-state index in [-0.39, 0.29) is 10.6 Å². The quantitative estimate of drug-likeness (QED) is 0.192. The Bertz CT molecular complexity index is 1650. The fourth-order valence-corrected chi connectivity index (χ4v) is 6.11. The highest BCUT2D eigenvalue weighted by Crippen LogP contribution is 2.32. The Kier molecular flexibility index (Phi) is 8.96. The molecule has 0 atom stereocenters. The smallest absolute Gasteiger partial charge is 0.264 e. The number of carbonyl (C=O) groups is 1. The predicted molar refractivity (Wildman–Crippen MR) is 159 cm³/mol. The number of rotatable bonds is 10. The van der Waals surface area contributed by atoms with E-state index in [9.17, 15) is 13.2 Å². The highest BCUT2D eigenvalue weighted by Gasteiger charge is 2.28. The number of hydrogen-bond acceptors (Lipinski definition) is 6. The zero-order chi connectivity index (χ0) is 28.9. The average Bonchev–Trinajstić information content (AvgIpc) is 3.23. The Morgan fingerprint density at radius 3 is 2.38 bits per heavy atom. The number of para-hydroxylation sites is 1. The Morgan fingerprint density at radius 1 is 0.975 bits per heavy atom. The van der Waals surface area contributed by atoms with Crippen molar-refractivity contribution in [1.29, 1.82) is 0 Å². The van der Waals surface area contributed by atoms with E-state index in [1.165, 1.54) is 32.4 Å². The van der Waals surface area contributed by atoms with Crippen LogP contribution in [0.4, 0.5) is 5.69 Å². The van der Waals surface area contributed by atoms with Crippen LogP contribution in [-0.2, 0) is 14.8 Å². The summed E-state index contributed by atoms with van der Waals surface area (Å²) in [7, 11) is -1.26. The van der Waals surface area contributed by atoms with Crippen molar-refractivity contribution in [1.82, 2.24) is 9.99 Å². The number of hydrazone groups is 1. The lowest BCUT2D eigenvalue weighted by Crippen LogP contribution is -2.39. The maximum atomic E-state index is 13.7. The Balaban J connectivity index is 1.56. The van der Waals surface area contributed by atoms with Gasteiger partial charge in [0.15, 0.2) is 11.5 Å². The number of aromatic nitrogens is 1. The van der Waals surface area contributed by atoms with Gasteiger partial charge in [-0.05, 0) is 62.4 Å². The first-order valence-corrected chi connectivity index (χ1v) is 14.5. The molecule has 0 aliphatic rings. The molecule has 0 aliphatic heterocycles. The maximum absolute atomic E-state index is 13.7. The molecule has 1 amide bonds. The molecule has 0 spiro atoms. The van der Waals surface area contributed by atoms with Crippen molar-refractivity contribution in [2.45, 2.75) is 18.7 Å². The number of carbonyl (C=O) groups excluding carboxylic acids is 1. The van der Waals surface area contributed by atoms with Gasteiger partial charge in [0.2, 0.25) is 0 Å². The molecule has 40 heavy (non-hydrogen) atoms. The molecular weight excluding hydrogens is 596 g/mol. The Hall–Kier alpha value is -4.09. The predicted octanol–water partition coefficient (Wildman–Crippen LogP) is 5.22. The standard InChI is InChI=1S/C29H29BrN4O5S/c1-20-15-22(21(2)34(20)25-12-8-9-23(30)16-25)18-31-32-29(35)19-33(24-10-6-5-7-11-24)40(36,37)26-13-14-27(38-3)28(17-26)39-4/h5-18H,19H2,1-4H3,(H,32,35)/b31-18-. The lowest BCUT2D eigenvalue weighted by molar-refractivity contribution is -0.119. The molecule has 9 nitrogen and oxygen atoms in total. The van der Waals surface area contributed by atoms with Crippen molar-refractivity contribution in [2.75, 3.05) is 25.1 Å². The van der Waals surface area contributed by atoms with E-state index in [1.54, 1.807) is 36.5 Å². The van der Waals surface area contributed by atoms with E-state index in [2.05, 4.69) is 31.0 Å². The number of nitrogens with zero attached hydrogens (tertiary/aromatic N) is 3. The first-order chi connectivity index (χ1) is 19.1. The lowest BCUT2D eigenvalue weighted by Gasteiger charge is -2.24. The summed E-state index contributed by atoms with van der Waals surface area (Å²) in [6.45, 7) is 3.46. The number of methoxy groups -OCH3 is 2. The topological polar surface area (TPSA) is 102 Å². The van der Waals surface area contributed by atoms with Crippen LogP contribution in [0.2, 0.25) is 0 Å². The van der Waals surface area contributed by atoms with Crippen LogP contribution in [-0.4, -0.2) is 45.9 Å². The summed E-state index contributed by atoms with van der Waals surface area (Å²) >= 11 is 3.51. The highest BCUT2D eigenvalue weighted by atomic mass is 79.9. The molecule has 0 aliphatic carbocycles. The van der Waals surface area contributed by atoms with Crippen LogP contribution in [0.15, 0.2) is 93.3 Å². The van der Waals surface area contributed by atoms with Gasteiger partial charge in [0.25, 0.3) is 15.9 Å². The van der Waals surface area contributed by atoms with Gasteiger partial charge in [-0.3, -0.25) is 9.10 Å². The molecule has 0 saturated heterocycles. The Morgan fingerprint density at radius 2 is 1.70 bits per heavy atom. The maximum Gasteiger partial charge on any atom is 0.264 e. The molecule has 208 valence electrons. The van der Waals surface area contributed by atoms with Crippen LogP contribution < -0.4 is 19.2 Å². The fraction of sp³-hybridized carbons (Fsp3) is 0.172. The highest BCUT2D eigenvalue weighted by molar-refractivity contribution is 9.10. The molecule has 0 bridgehead atoms.